The Labute approximate surface area is 188 Å². The fourth-order valence-corrected chi connectivity index (χ4v) is 4.00. The molecule has 8 nitrogen and oxygen atoms in total. The topological polar surface area (TPSA) is 101 Å². The van der Waals surface area contributed by atoms with Crippen LogP contribution in [0.5, 0.6) is 0 Å². The largest absolute Gasteiger partial charge is 0.418 e. The van der Waals surface area contributed by atoms with Gasteiger partial charge in [0.05, 0.1) is 28.8 Å². The summed E-state index contributed by atoms with van der Waals surface area (Å²) in [6.07, 6.45) is 0.254. The number of carbonyl (C=O) groups is 2. The summed E-state index contributed by atoms with van der Waals surface area (Å²) in [5.41, 5.74) is 2.46. The van der Waals surface area contributed by atoms with E-state index in [1.54, 1.807) is 0 Å². The molecule has 0 aliphatic heterocycles. The molecule has 11 heteroatoms. The zero-order valence-corrected chi connectivity index (χ0v) is 18.9. The van der Waals surface area contributed by atoms with Gasteiger partial charge in [0, 0.05) is 43.3 Å². The third kappa shape index (κ3) is 4.67. The summed E-state index contributed by atoms with van der Waals surface area (Å²) in [5.74, 6) is -0.906. The minimum atomic E-state index is -4.61. The third-order valence-electron chi connectivity index (χ3n) is 5.49. The van der Waals surface area contributed by atoms with Crippen molar-refractivity contribution in [3.63, 3.8) is 0 Å². The number of hydrogen-bond donors (Lipinski definition) is 2. The number of nitrogens with one attached hydrogen (secondary N) is 2. The first-order valence-electron chi connectivity index (χ1n) is 10.2. The van der Waals surface area contributed by atoms with Crippen LogP contribution in [0, 0.1) is 6.92 Å². The zero-order valence-electron chi connectivity index (χ0n) is 18.9. The summed E-state index contributed by atoms with van der Waals surface area (Å²) in [7, 11) is 2.72. The van der Waals surface area contributed by atoms with Crippen molar-refractivity contribution in [1.82, 2.24) is 24.9 Å². The number of hydrogen-bond acceptors (Lipinski definition) is 6. The second-order valence-corrected chi connectivity index (χ2v) is 8.40. The Kier molecular flexibility index (Phi) is 6.44. The number of pyridine rings is 1. The van der Waals surface area contributed by atoms with Crippen molar-refractivity contribution < 1.29 is 22.8 Å². The molecule has 4 rings (SSSR count). The highest BCUT2D eigenvalue weighted by Crippen LogP contribution is 2.44. The SMILES string of the molecule is CNC(=O)c1ncc(NC)cc1C(F)(F)F.Cc1cc2ncc3c(n2n1)C(C)(C)CC3C=O. The van der Waals surface area contributed by atoms with Gasteiger partial charge in [-0.05, 0) is 19.4 Å². The molecule has 0 saturated heterocycles. The average molecular weight is 462 g/mol. The van der Waals surface area contributed by atoms with Crippen LogP contribution < -0.4 is 10.6 Å². The maximum atomic E-state index is 12.6. The molecule has 1 aliphatic carbocycles. The highest BCUT2D eigenvalue weighted by Gasteiger charge is 2.40. The van der Waals surface area contributed by atoms with Gasteiger partial charge in [0.15, 0.2) is 5.65 Å². The van der Waals surface area contributed by atoms with Crippen molar-refractivity contribution in [1.29, 1.82) is 0 Å². The zero-order chi connectivity index (χ0) is 24.6. The summed E-state index contributed by atoms with van der Waals surface area (Å²) in [5, 5.41) is 9.13. The normalized spacial score (nSPS) is 16.5. The Morgan fingerprint density at radius 1 is 1.21 bits per heavy atom. The van der Waals surface area contributed by atoms with Crippen molar-refractivity contribution >= 4 is 23.5 Å². The first-order chi connectivity index (χ1) is 15.4. The third-order valence-corrected chi connectivity index (χ3v) is 5.49. The standard InChI is InChI=1S/C13H15N3O.C9H10F3N3O/c1-8-4-11-14-6-10-9(7-17)5-13(2,3)12(10)16(11)15-8;1-13-5-3-6(9(10,11)12)7(15-4-5)8(16)14-2/h4,6-7,9H,5H2,1-3H3;3-4,13H,1-2H3,(H,14,16). The number of anilines is 1. The van der Waals surface area contributed by atoms with Crippen LogP contribution >= 0.6 is 0 Å². The maximum absolute atomic E-state index is 12.6. The number of aryl methyl sites for hydroxylation is 1. The smallest absolute Gasteiger partial charge is 0.387 e. The Balaban J connectivity index is 0.000000186. The fraction of sp³-hybridized carbons (Fsp3) is 0.409. The summed E-state index contributed by atoms with van der Waals surface area (Å²) in [6.45, 7) is 6.28. The number of fused-ring (bicyclic) bond motifs is 3. The summed E-state index contributed by atoms with van der Waals surface area (Å²) in [4.78, 5) is 30.2. The van der Waals surface area contributed by atoms with E-state index in [0.717, 1.165) is 41.4 Å². The van der Waals surface area contributed by atoms with Crippen molar-refractivity contribution in [3.05, 3.63) is 52.7 Å². The number of aldehydes is 1. The van der Waals surface area contributed by atoms with Crippen molar-refractivity contribution in [2.75, 3.05) is 19.4 Å². The van der Waals surface area contributed by atoms with Gasteiger partial charge in [-0.25, -0.2) is 14.5 Å². The summed E-state index contributed by atoms with van der Waals surface area (Å²) in [6, 6.07) is 2.81. The van der Waals surface area contributed by atoms with E-state index in [2.05, 4.69) is 39.5 Å². The van der Waals surface area contributed by atoms with Gasteiger partial charge < -0.3 is 15.4 Å². The number of rotatable bonds is 3. The molecule has 3 aromatic rings. The molecule has 3 heterocycles. The molecule has 0 bridgehead atoms. The predicted molar refractivity (Wildman–Crippen MR) is 116 cm³/mol. The van der Waals surface area contributed by atoms with E-state index < -0.39 is 23.3 Å². The highest BCUT2D eigenvalue weighted by molar-refractivity contribution is 5.94. The fourth-order valence-electron chi connectivity index (χ4n) is 4.00. The average Bonchev–Trinajstić information content (AvgIpc) is 3.27. The number of halogens is 3. The molecule has 0 aromatic carbocycles. The van der Waals surface area contributed by atoms with Gasteiger partial charge in [0.2, 0.25) is 0 Å². The number of alkyl halides is 3. The maximum Gasteiger partial charge on any atom is 0.418 e. The van der Waals surface area contributed by atoms with Crippen LogP contribution in [0.2, 0.25) is 0 Å². The molecule has 0 spiro atoms. The second kappa shape index (κ2) is 8.80. The van der Waals surface area contributed by atoms with Gasteiger partial charge in [0.25, 0.3) is 5.91 Å². The Morgan fingerprint density at radius 2 is 1.91 bits per heavy atom. The van der Waals surface area contributed by atoms with Crippen molar-refractivity contribution in [3.8, 4) is 0 Å². The van der Waals surface area contributed by atoms with E-state index in [4.69, 9.17) is 0 Å². The molecule has 176 valence electrons. The lowest BCUT2D eigenvalue weighted by molar-refractivity contribution is -0.138. The molecule has 0 radical (unpaired) electrons. The summed E-state index contributed by atoms with van der Waals surface area (Å²) < 4.78 is 39.7. The van der Waals surface area contributed by atoms with E-state index in [0.29, 0.717) is 0 Å². The Hall–Kier alpha value is -3.50. The summed E-state index contributed by atoms with van der Waals surface area (Å²) >= 11 is 0. The highest BCUT2D eigenvalue weighted by atomic mass is 19.4. The lowest BCUT2D eigenvalue weighted by Gasteiger charge is -2.19. The van der Waals surface area contributed by atoms with Gasteiger partial charge >= 0.3 is 6.18 Å². The second-order valence-electron chi connectivity index (χ2n) is 8.40. The van der Waals surface area contributed by atoms with Crippen LogP contribution in [0.15, 0.2) is 24.5 Å². The van der Waals surface area contributed by atoms with E-state index in [9.17, 15) is 22.8 Å². The number of aromatic nitrogens is 4. The number of carbonyl (C=O) groups excluding carboxylic acids is 2. The Morgan fingerprint density at radius 3 is 2.48 bits per heavy atom. The number of amides is 1. The molecular formula is C22H25F3N6O2. The van der Waals surface area contributed by atoms with Crippen LogP contribution in [0.25, 0.3) is 5.65 Å². The van der Waals surface area contributed by atoms with E-state index in [1.165, 1.54) is 20.3 Å². The quantitative estimate of drug-likeness (QED) is 0.578. The van der Waals surface area contributed by atoms with Gasteiger partial charge in [-0.3, -0.25) is 4.79 Å². The molecule has 33 heavy (non-hydrogen) atoms. The predicted octanol–water partition coefficient (Wildman–Crippen LogP) is 3.50. The van der Waals surface area contributed by atoms with Crippen LogP contribution in [0.4, 0.5) is 18.9 Å². The molecule has 3 aromatic heterocycles. The lowest BCUT2D eigenvalue weighted by Crippen LogP contribution is -2.24. The monoisotopic (exact) mass is 462 g/mol. The van der Waals surface area contributed by atoms with Crippen molar-refractivity contribution in [2.45, 2.75) is 44.7 Å². The molecule has 1 unspecified atom stereocenters. The lowest BCUT2D eigenvalue weighted by atomic mass is 9.89. The van der Waals surface area contributed by atoms with Crippen LogP contribution in [-0.2, 0) is 16.4 Å². The van der Waals surface area contributed by atoms with Crippen LogP contribution in [-0.4, -0.2) is 45.9 Å². The molecule has 0 saturated carbocycles. The molecule has 0 fully saturated rings. The Bertz CT molecular complexity index is 1200. The van der Waals surface area contributed by atoms with Gasteiger partial charge in [-0.1, -0.05) is 13.8 Å². The van der Waals surface area contributed by atoms with Gasteiger partial charge in [0.1, 0.15) is 12.0 Å². The van der Waals surface area contributed by atoms with Crippen LogP contribution in [0.3, 0.4) is 0 Å². The van der Waals surface area contributed by atoms with Gasteiger partial charge in [-0.15, -0.1) is 0 Å². The molecular weight excluding hydrogens is 437 g/mol. The minimum Gasteiger partial charge on any atom is -0.387 e. The van der Waals surface area contributed by atoms with Gasteiger partial charge in [-0.2, -0.15) is 18.3 Å². The van der Waals surface area contributed by atoms with Crippen LogP contribution in [0.1, 0.15) is 59.2 Å². The molecule has 1 aliphatic rings. The van der Waals surface area contributed by atoms with Crippen molar-refractivity contribution in [2.24, 2.45) is 0 Å². The van der Waals surface area contributed by atoms with E-state index in [-0.39, 0.29) is 17.0 Å². The van der Waals surface area contributed by atoms with E-state index in [1.807, 2.05) is 23.7 Å². The minimum absolute atomic E-state index is 0.0272. The first-order valence-corrected chi connectivity index (χ1v) is 10.2. The van der Waals surface area contributed by atoms with E-state index >= 15 is 0 Å². The number of nitrogens with zero attached hydrogens (tertiary/aromatic N) is 4. The molecule has 2 N–H and O–H groups in total. The molecule has 1 amide bonds. The first kappa shape index (κ1) is 24.1. The molecule has 1 atom stereocenters.